The Morgan fingerprint density at radius 1 is 0.714 bits per heavy atom. The van der Waals surface area contributed by atoms with Crippen LogP contribution in [0.4, 0.5) is 0 Å². The highest BCUT2D eigenvalue weighted by Gasteiger charge is 2.49. The molecule has 0 spiro atoms. The molecule has 0 aromatic carbocycles. The highest BCUT2D eigenvalue weighted by Crippen LogP contribution is 2.38. The molecule has 2 rings (SSSR count). The summed E-state index contributed by atoms with van der Waals surface area (Å²) in [5.41, 5.74) is 0.330. The van der Waals surface area contributed by atoms with Crippen molar-refractivity contribution in [3.8, 4) is 0 Å². The van der Waals surface area contributed by atoms with Crippen molar-refractivity contribution < 1.29 is 0 Å². The fourth-order valence-corrected chi connectivity index (χ4v) is 8.55. The van der Waals surface area contributed by atoms with Gasteiger partial charge in [-0.3, -0.25) is 9.80 Å². The Bertz CT molecular complexity index is 736. The van der Waals surface area contributed by atoms with Gasteiger partial charge in [-0.05, 0) is 86.0 Å². The van der Waals surface area contributed by atoms with Crippen LogP contribution in [0.15, 0.2) is 0 Å². The first-order valence-electron chi connectivity index (χ1n) is 12.7. The van der Waals surface area contributed by atoms with Crippen LogP contribution in [0.2, 0.25) is 0 Å². The smallest absolute Gasteiger partial charge is 0.178 e. The van der Waals surface area contributed by atoms with Crippen molar-refractivity contribution in [2.75, 3.05) is 49.2 Å². The van der Waals surface area contributed by atoms with Crippen molar-refractivity contribution in [2.45, 2.75) is 73.9 Å². The Labute approximate surface area is 244 Å². The van der Waals surface area contributed by atoms with Gasteiger partial charge in [0.15, 0.2) is 10.2 Å². The summed E-state index contributed by atoms with van der Waals surface area (Å²) in [4.78, 5) is 10.4. The lowest BCUT2D eigenvalue weighted by molar-refractivity contribution is 0.120. The van der Waals surface area contributed by atoms with Crippen molar-refractivity contribution >= 4 is 92.6 Å². The molecule has 4 nitrogen and oxygen atoms in total. The van der Waals surface area contributed by atoms with Crippen LogP contribution in [-0.4, -0.2) is 95.2 Å². The Morgan fingerprint density at radius 2 is 1.14 bits per heavy atom. The van der Waals surface area contributed by atoms with Crippen LogP contribution in [-0.2, 0) is 0 Å². The van der Waals surface area contributed by atoms with Crippen LogP contribution in [0.25, 0.3) is 0 Å². The van der Waals surface area contributed by atoms with Crippen molar-refractivity contribution in [3.05, 3.63) is 0 Å². The fourth-order valence-electron chi connectivity index (χ4n) is 4.23. The van der Waals surface area contributed by atoms with Crippen LogP contribution in [0.3, 0.4) is 0 Å². The summed E-state index contributed by atoms with van der Waals surface area (Å²) < 4.78 is 0. The highest BCUT2D eigenvalue weighted by atomic mass is 32.2. The van der Waals surface area contributed by atoms with Gasteiger partial charge in [-0.2, -0.15) is 23.5 Å². The summed E-state index contributed by atoms with van der Waals surface area (Å²) in [5.74, 6) is 4.82. The first-order valence-corrected chi connectivity index (χ1v) is 16.7. The largest absolute Gasteiger partial charge is 0.342 e. The van der Waals surface area contributed by atoms with E-state index in [1.165, 1.54) is 30.1 Å². The van der Waals surface area contributed by atoms with Gasteiger partial charge in [0.05, 0.1) is 13.1 Å². The van der Waals surface area contributed by atoms with Gasteiger partial charge in [-0.25, -0.2) is 0 Å². The van der Waals surface area contributed by atoms with Gasteiger partial charge < -0.3 is 9.80 Å². The Balaban J connectivity index is 2.02. The van der Waals surface area contributed by atoms with Crippen molar-refractivity contribution in [1.29, 1.82) is 0 Å². The third kappa shape index (κ3) is 8.63. The quantitative estimate of drug-likeness (QED) is 0.163. The zero-order valence-electron chi connectivity index (χ0n) is 22.6. The van der Waals surface area contributed by atoms with Crippen LogP contribution >= 0.6 is 72.4 Å². The number of thioether (sulfide) groups is 2. The first-order chi connectivity index (χ1) is 16.3. The topological polar surface area (TPSA) is 13.0 Å². The molecule has 2 fully saturated rings. The number of thiocarbonyl (C=S) groups is 4. The zero-order chi connectivity index (χ0) is 26.4. The lowest BCUT2D eigenvalue weighted by Gasteiger charge is -2.46. The molecule has 0 aromatic heterocycles. The third-order valence-corrected chi connectivity index (χ3v) is 10.3. The molecule has 0 N–H and O–H groups in total. The monoisotopic (exact) mass is 592 g/mol. The Morgan fingerprint density at radius 3 is 1.51 bits per heavy atom. The van der Waals surface area contributed by atoms with E-state index in [-0.39, 0.29) is 11.6 Å². The maximum absolute atomic E-state index is 5.91. The number of hydrogen-bond acceptors (Lipinski definition) is 6. The summed E-state index contributed by atoms with van der Waals surface area (Å²) in [6.45, 7) is 18.9. The molecule has 0 aromatic rings. The molecule has 10 heteroatoms. The van der Waals surface area contributed by atoms with Gasteiger partial charge in [0.2, 0.25) is 0 Å². The number of nitrogens with zero attached hydrogens (tertiary/aromatic N) is 4. The minimum absolute atomic E-state index is 0.0934. The van der Waals surface area contributed by atoms with Crippen LogP contribution in [0.1, 0.15) is 67.7 Å². The van der Waals surface area contributed by atoms with Gasteiger partial charge in [0.1, 0.15) is 16.1 Å². The molecule has 0 atom stereocenters. The van der Waals surface area contributed by atoms with Gasteiger partial charge in [0.25, 0.3) is 0 Å². The third-order valence-electron chi connectivity index (χ3n) is 6.56. The predicted octanol–water partition coefficient (Wildman–Crippen LogP) is 6.52. The molecule has 2 aliphatic rings. The molecule has 2 heterocycles. The molecule has 200 valence electrons. The van der Waals surface area contributed by atoms with E-state index in [4.69, 9.17) is 48.9 Å². The van der Waals surface area contributed by atoms with E-state index in [9.17, 15) is 0 Å². The standard InChI is InChI=1S/C25H44N4S6/c1-8-26-17-19(30)28(22(26)32)21(29-20(31)18-27(9-2)23(29)33)25(6,7)12-16-35-14-10-13-34-15-11-24(3,4)5/h21H,8-18H2,1-7H3. The second kappa shape index (κ2) is 13.9. The molecule has 0 radical (unpaired) electrons. The van der Waals surface area contributed by atoms with Gasteiger partial charge in [-0.15, -0.1) is 0 Å². The Hall–Kier alpha value is 0.260. The summed E-state index contributed by atoms with van der Waals surface area (Å²) in [5, 5.41) is 1.60. The molecule has 0 bridgehead atoms. The minimum Gasteiger partial charge on any atom is -0.342 e. The molecule has 0 saturated carbocycles. The van der Waals surface area contributed by atoms with E-state index in [0.717, 1.165) is 45.5 Å². The maximum atomic E-state index is 5.91. The second-order valence-electron chi connectivity index (χ2n) is 11.1. The molecule has 0 aliphatic carbocycles. The van der Waals surface area contributed by atoms with Crippen LogP contribution in [0.5, 0.6) is 0 Å². The highest BCUT2D eigenvalue weighted by molar-refractivity contribution is 8.00. The molecule has 0 unspecified atom stereocenters. The van der Waals surface area contributed by atoms with E-state index in [0.29, 0.717) is 18.5 Å². The molecule has 2 aliphatic heterocycles. The van der Waals surface area contributed by atoms with Crippen molar-refractivity contribution in [3.63, 3.8) is 0 Å². The molecule has 0 amide bonds. The van der Waals surface area contributed by atoms with Crippen molar-refractivity contribution in [1.82, 2.24) is 19.6 Å². The lowest BCUT2D eigenvalue weighted by Crippen LogP contribution is -2.60. The van der Waals surface area contributed by atoms with E-state index < -0.39 is 0 Å². The first kappa shape index (κ1) is 31.5. The SMILES string of the molecule is CCN1CC(=S)N(C(N2C(=S)CN(CC)C2=S)C(C)(C)CCSCCCSCCC(C)(C)C)C1=S. The second-order valence-corrected chi connectivity index (χ2v) is 15.2. The molecular weight excluding hydrogens is 549 g/mol. The average Bonchev–Trinajstić information content (AvgIpc) is 3.21. The van der Waals surface area contributed by atoms with Gasteiger partial charge >= 0.3 is 0 Å². The van der Waals surface area contributed by atoms with Gasteiger partial charge in [0, 0.05) is 18.5 Å². The summed E-state index contributed by atoms with van der Waals surface area (Å²) in [6.07, 6.45) is 3.50. The normalized spacial score (nSPS) is 17.7. The van der Waals surface area contributed by atoms with Crippen LogP contribution in [0, 0.1) is 10.8 Å². The summed E-state index contributed by atoms with van der Waals surface area (Å²) >= 11 is 27.7. The average molecular weight is 593 g/mol. The fraction of sp³-hybridized carbons (Fsp3) is 0.840. The molecule has 2 saturated heterocycles. The van der Waals surface area contributed by atoms with Crippen molar-refractivity contribution in [2.24, 2.45) is 10.8 Å². The summed E-state index contributed by atoms with van der Waals surface area (Å²) in [7, 11) is 0. The molecular formula is C25H44N4S6. The number of likely N-dealkylation sites (N-methyl/N-ethyl adjacent to an activating group) is 2. The Kier molecular flexibility index (Phi) is 12.5. The predicted molar refractivity (Wildman–Crippen MR) is 174 cm³/mol. The van der Waals surface area contributed by atoms with Gasteiger partial charge in [-0.1, -0.05) is 59.1 Å². The molecule has 35 heavy (non-hydrogen) atoms. The summed E-state index contributed by atoms with van der Waals surface area (Å²) in [6, 6.07) is 0. The maximum Gasteiger partial charge on any atom is 0.178 e. The number of hydrogen-bond donors (Lipinski definition) is 0. The van der Waals surface area contributed by atoms with E-state index in [2.05, 4.69) is 91.6 Å². The van der Waals surface area contributed by atoms with E-state index in [1.54, 1.807) is 0 Å². The number of rotatable bonds is 14. The zero-order valence-corrected chi connectivity index (χ0v) is 27.5. The minimum atomic E-state index is -0.107. The lowest BCUT2D eigenvalue weighted by atomic mass is 9.84. The van der Waals surface area contributed by atoms with E-state index in [1.807, 2.05) is 0 Å². The van der Waals surface area contributed by atoms with E-state index >= 15 is 0 Å². The van der Waals surface area contributed by atoms with Crippen LogP contribution < -0.4 is 0 Å².